The van der Waals surface area contributed by atoms with Gasteiger partial charge < -0.3 is 20.7 Å². The summed E-state index contributed by atoms with van der Waals surface area (Å²) in [5, 5.41) is 8.40. The zero-order chi connectivity index (χ0) is 21.8. The van der Waals surface area contributed by atoms with Gasteiger partial charge in [0.1, 0.15) is 0 Å². The SMILES string of the molecule is CCCC(=O)Nc1cccc(C(=O)Nc2ccccc2C(=O)NCCCOCC)c1. The highest BCUT2D eigenvalue weighted by Gasteiger charge is 2.14. The molecule has 30 heavy (non-hydrogen) atoms. The van der Waals surface area contributed by atoms with Crippen LogP contribution in [0.4, 0.5) is 11.4 Å². The fourth-order valence-corrected chi connectivity index (χ4v) is 2.79. The summed E-state index contributed by atoms with van der Waals surface area (Å²) in [6, 6.07) is 13.5. The summed E-state index contributed by atoms with van der Waals surface area (Å²) >= 11 is 0. The van der Waals surface area contributed by atoms with Crippen LogP contribution in [0.15, 0.2) is 48.5 Å². The summed E-state index contributed by atoms with van der Waals surface area (Å²) < 4.78 is 5.26. The molecule has 0 saturated carbocycles. The first kappa shape index (κ1) is 23.1. The Kier molecular flexibility index (Phi) is 9.54. The molecule has 0 unspecified atom stereocenters. The van der Waals surface area contributed by atoms with Crippen LogP contribution in [0.1, 0.15) is 53.8 Å². The summed E-state index contributed by atoms with van der Waals surface area (Å²) in [7, 11) is 0. The lowest BCUT2D eigenvalue weighted by atomic mass is 10.1. The molecule has 0 aliphatic heterocycles. The zero-order valence-electron chi connectivity index (χ0n) is 17.5. The highest BCUT2D eigenvalue weighted by Crippen LogP contribution is 2.18. The minimum atomic E-state index is -0.363. The molecule has 0 aliphatic carbocycles. The van der Waals surface area contributed by atoms with Crippen molar-refractivity contribution in [2.24, 2.45) is 0 Å². The Bertz CT molecular complexity index is 867. The van der Waals surface area contributed by atoms with Crippen molar-refractivity contribution in [3.63, 3.8) is 0 Å². The average Bonchev–Trinajstić information content (AvgIpc) is 2.74. The van der Waals surface area contributed by atoms with Crippen molar-refractivity contribution in [3.05, 3.63) is 59.7 Å². The molecule has 0 heterocycles. The van der Waals surface area contributed by atoms with E-state index in [2.05, 4.69) is 16.0 Å². The van der Waals surface area contributed by atoms with E-state index < -0.39 is 0 Å². The number of amides is 3. The van der Waals surface area contributed by atoms with Crippen LogP contribution in [-0.2, 0) is 9.53 Å². The fourth-order valence-electron chi connectivity index (χ4n) is 2.79. The van der Waals surface area contributed by atoms with Crippen molar-refractivity contribution >= 4 is 29.1 Å². The Morgan fingerprint density at radius 1 is 0.933 bits per heavy atom. The third kappa shape index (κ3) is 7.33. The lowest BCUT2D eigenvalue weighted by molar-refractivity contribution is -0.116. The standard InChI is InChI=1S/C23H29N3O4/c1-3-9-21(27)25-18-11-7-10-17(16-18)22(28)26-20-13-6-5-12-19(20)23(29)24-14-8-15-30-4-2/h5-7,10-13,16H,3-4,8-9,14-15H2,1-2H3,(H,24,29)(H,25,27)(H,26,28). The largest absolute Gasteiger partial charge is 0.382 e. The maximum atomic E-state index is 12.7. The molecule has 7 heteroatoms. The van der Waals surface area contributed by atoms with Gasteiger partial charge >= 0.3 is 0 Å². The van der Waals surface area contributed by atoms with Crippen molar-refractivity contribution < 1.29 is 19.1 Å². The Morgan fingerprint density at radius 2 is 1.73 bits per heavy atom. The molecule has 3 amide bonds. The van der Waals surface area contributed by atoms with Gasteiger partial charge in [-0.15, -0.1) is 0 Å². The Balaban J connectivity index is 2.03. The van der Waals surface area contributed by atoms with E-state index in [1.165, 1.54) is 0 Å². The van der Waals surface area contributed by atoms with Crippen LogP contribution in [0, 0.1) is 0 Å². The van der Waals surface area contributed by atoms with Crippen LogP contribution in [0.2, 0.25) is 0 Å². The molecular weight excluding hydrogens is 382 g/mol. The van der Waals surface area contributed by atoms with Gasteiger partial charge in [-0.25, -0.2) is 0 Å². The van der Waals surface area contributed by atoms with Gasteiger partial charge in [0.2, 0.25) is 5.91 Å². The van der Waals surface area contributed by atoms with Gasteiger partial charge in [0.05, 0.1) is 11.3 Å². The van der Waals surface area contributed by atoms with Crippen molar-refractivity contribution in [1.29, 1.82) is 0 Å². The van der Waals surface area contributed by atoms with Gasteiger partial charge in [0.25, 0.3) is 11.8 Å². The molecule has 2 aromatic rings. The molecular formula is C23H29N3O4. The predicted molar refractivity (Wildman–Crippen MR) is 118 cm³/mol. The summed E-state index contributed by atoms with van der Waals surface area (Å²) in [6.07, 6.45) is 1.88. The number of rotatable bonds is 11. The molecule has 0 aromatic heterocycles. The molecule has 0 saturated heterocycles. The fraction of sp³-hybridized carbons (Fsp3) is 0.348. The number of para-hydroxylation sites is 1. The minimum Gasteiger partial charge on any atom is -0.382 e. The van der Waals surface area contributed by atoms with Gasteiger partial charge in [0, 0.05) is 37.4 Å². The number of benzene rings is 2. The Morgan fingerprint density at radius 3 is 2.50 bits per heavy atom. The molecule has 3 N–H and O–H groups in total. The van der Waals surface area contributed by atoms with Crippen LogP contribution in [0.25, 0.3) is 0 Å². The molecule has 2 aromatic carbocycles. The molecule has 0 atom stereocenters. The third-order valence-electron chi connectivity index (χ3n) is 4.26. The Hall–Kier alpha value is -3.19. The van der Waals surface area contributed by atoms with Gasteiger partial charge in [-0.2, -0.15) is 0 Å². The zero-order valence-corrected chi connectivity index (χ0v) is 17.5. The molecule has 2 rings (SSSR count). The van der Waals surface area contributed by atoms with Gasteiger partial charge in [0.15, 0.2) is 0 Å². The average molecular weight is 412 g/mol. The number of nitrogens with one attached hydrogen (secondary N) is 3. The molecule has 0 fully saturated rings. The first-order valence-corrected chi connectivity index (χ1v) is 10.2. The lowest BCUT2D eigenvalue weighted by Gasteiger charge is -2.12. The van der Waals surface area contributed by atoms with Crippen LogP contribution in [0.5, 0.6) is 0 Å². The highest BCUT2D eigenvalue weighted by molar-refractivity contribution is 6.09. The Labute approximate surface area is 177 Å². The molecule has 0 spiro atoms. The van der Waals surface area contributed by atoms with E-state index >= 15 is 0 Å². The number of ether oxygens (including phenoxy) is 1. The number of anilines is 2. The minimum absolute atomic E-state index is 0.0959. The van der Waals surface area contributed by atoms with Gasteiger partial charge in [-0.05, 0) is 50.1 Å². The number of carbonyl (C=O) groups excluding carboxylic acids is 3. The van der Waals surface area contributed by atoms with E-state index in [4.69, 9.17) is 4.74 Å². The number of hydrogen-bond acceptors (Lipinski definition) is 4. The third-order valence-corrected chi connectivity index (χ3v) is 4.26. The second kappa shape index (κ2) is 12.4. The first-order valence-electron chi connectivity index (χ1n) is 10.2. The maximum absolute atomic E-state index is 12.7. The van der Waals surface area contributed by atoms with Crippen molar-refractivity contribution in [3.8, 4) is 0 Å². The van der Waals surface area contributed by atoms with E-state index in [0.29, 0.717) is 55.1 Å². The van der Waals surface area contributed by atoms with E-state index in [9.17, 15) is 14.4 Å². The molecule has 0 aliphatic rings. The summed E-state index contributed by atoms with van der Waals surface area (Å²) in [4.78, 5) is 37.0. The second-order valence-corrected chi connectivity index (χ2v) is 6.69. The van der Waals surface area contributed by atoms with Crippen LogP contribution in [0.3, 0.4) is 0 Å². The van der Waals surface area contributed by atoms with E-state index in [-0.39, 0.29) is 17.7 Å². The molecule has 160 valence electrons. The first-order chi connectivity index (χ1) is 14.5. The summed E-state index contributed by atoms with van der Waals surface area (Å²) in [6.45, 7) is 5.57. The van der Waals surface area contributed by atoms with Gasteiger partial charge in [-0.3, -0.25) is 14.4 Å². The normalized spacial score (nSPS) is 10.3. The van der Waals surface area contributed by atoms with Gasteiger partial charge in [-0.1, -0.05) is 25.1 Å². The summed E-state index contributed by atoms with van der Waals surface area (Å²) in [5.41, 5.74) is 1.75. The topological polar surface area (TPSA) is 96.5 Å². The predicted octanol–water partition coefficient (Wildman–Crippen LogP) is 3.83. The van der Waals surface area contributed by atoms with E-state index in [1.54, 1.807) is 48.5 Å². The molecule has 0 radical (unpaired) electrons. The lowest BCUT2D eigenvalue weighted by Crippen LogP contribution is -2.26. The molecule has 0 bridgehead atoms. The molecule has 7 nitrogen and oxygen atoms in total. The maximum Gasteiger partial charge on any atom is 0.255 e. The quantitative estimate of drug-likeness (QED) is 0.490. The van der Waals surface area contributed by atoms with Crippen molar-refractivity contribution in [2.45, 2.75) is 33.1 Å². The van der Waals surface area contributed by atoms with Crippen LogP contribution < -0.4 is 16.0 Å². The van der Waals surface area contributed by atoms with Crippen molar-refractivity contribution in [2.75, 3.05) is 30.4 Å². The summed E-state index contributed by atoms with van der Waals surface area (Å²) in [5.74, 6) is -0.720. The number of carbonyl (C=O) groups is 3. The second-order valence-electron chi connectivity index (χ2n) is 6.69. The van der Waals surface area contributed by atoms with E-state index in [0.717, 1.165) is 6.42 Å². The van der Waals surface area contributed by atoms with Crippen LogP contribution in [-0.4, -0.2) is 37.5 Å². The van der Waals surface area contributed by atoms with E-state index in [1.807, 2.05) is 13.8 Å². The van der Waals surface area contributed by atoms with Crippen molar-refractivity contribution in [1.82, 2.24) is 5.32 Å². The highest BCUT2D eigenvalue weighted by atomic mass is 16.5. The smallest absolute Gasteiger partial charge is 0.255 e. The number of hydrogen-bond donors (Lipinski definition) is 3. The monoisotopic (exact) mass is 411 g/mol. The van der Waals surface area contributed by atoms with Crippen LogP contribution >= 0.6 is 0 Å².